The zero-order valence-corrected chi connectivity index (χ0v) is 13.9. The van der Waals surface area contributed by atoms with E-state index in [9.17, 15) is 4.79 Å². The summed E-state index contributed by atoms with van der Waals surface area (Å²) in [5.41, 5.74) is 0.590. The van der Waals surface area contributed by atoms with E-state index in [-0.39, 0.29) is 47.1 Å². The quantitative estimate of drug-likeness (QED) is 0.334. The van der Waals surface area contributed by atoms with Gasteiger partial charge in [0.2, 0.25) is 0 Å². The summed E-state index contributed by atoms with van der Waals surface area (Å²) in [6.07, 6.45) is 0.570. The highest BCUT2D eigenvalue weighted by atomic mass is 35.5. The van der Waals surface area contributed by atoms with Crippen LogP contribution in [0.25, 0.3) is 11.3 Å². The summed E-state index contributed by atoms with van der Waals surface area (Å²) in [6, 6.07) is 2.95. The fourth-order valence-electron chi connectivity index (χ4n) is 1.51. The Kier molecular flexibility index (Phi) is 5.06. The molecule has 1 aromatic heterocycles. The molecule has 0 N–H and O–H groups in total. The molecule has 0 atom stereocenters. The second kappa shape index (κ2) is 6.27. The highest BCUT2D eigenvalue weighted by molar-refractivity contribution is 6.56. The molecule has 104 valence electrons. The van der Waals surface area contributed by atoms with Crippen LogP contribution in [0, 0.1) is 0 Å². The van der Waals surface area contributed by atoms with Crippen molar-refractivity contribution < 1.29 is 4.79 Å². The smallest absolute Gasteiger partial charge is 0.168 e. The molecular weight excluding hydrogens is 387 g/mol. The van der Waals surface area contributed by atoms with E-state index in [1.165, 1.54) is 12.1 Å². The second-order valence-electron chi connectivity index (χ2n) is 3.63. The van der Waals surface area contributed by atoms with E-state index in [1.807, 2.05) is 0 Å². The Bertz CT molecular complexity index is 687. The molecule has 0 aliphatic rings. The first-order valence-corrected chi connectivity index (χ1v) is 7.28. The number of rotatable bonds is 2. The molecule has 0 aliphatic heterocycles. The van der Waals surface area contributed by atoms with Gasteiger partial charge in [-0.15, -0.1) is 0 Å². The Balaban J connectivity index is 2.86. The van der Waals surface area contributed by atoms with Gasteiger partial charge in [-0.3, -0.25) is 4.79 Å². The van der Waals surface area contributed by atoms with E-state index in [0.29, 0.717) is 6.29 Å². The summed E-state index contributed by atoms with van der Waals surface area (Å²) in [6.45, 7) is 0. The summed E-state index contributed by atoms with van der Waals surface area (Å²) < 4.78 is 0. The van der Waals surface area contributed by atoms with Gasteiger partial charge < -0.3 is 0 Å². The molecule has 0 saturated heterocycles. The minimum absolute atomic E-state index is 0.0344. The van der Waals surface area contributed by atoms with Crippen molar-refractivity contribution in [3.8, 4) is 11.3 Å². The Morgan fingerprint density at radius 3 is 1.80 bits per heavy atom. The SMILES string of the molecule is O=Cc1ccc(Cl)c(-c2c(Cl)c(Cl)c(Cl)c(Cl)c2Cl)n1. The molecule has 1 heterocycles. The summed E-state index contributed by atoms with van der Waals surface area (Å²) >= 11 is 36.2. The first kappa shape index (κ1) is 16.2. The van der Waals surface area contributed by atoms with Crippen LogP contribution in [0.2, 0.25) is 30.1 Å². The van der Waals surface area contributed by atoms with Gasteiger partial charge in [-0.1, -0.05) is 69.6 Å². The number of pyridine rings is 1. The van der Waals surface area contributed by atoms with Crippen LogP contribution in [0.1, 0.15) is 10.5 Å². The monoisotopic (exact) mass is 387 g/mol. The lowest BCUT2D eigenvalue weighted by Crippen LogP contribution is -1.94. The first-order valence-electron chi connectivity index (χ1n) is 5.02. The average molecular weight is 390 g/mol. The number of hydrogen-bond acceptors (Lipinski definition) is 2. The molecule has 0 bridgehead atoms. The van der Waals surface area contributed by atoms with Crippen molar-refractivity contribution >= 4 is 75.9 Å². The summed E-state index contributed by atoms with van der Waals surface area (Å²) in [4.78, 5) is 14.9. The van der Waals surface area contributed by atoms with Gasteiger partial charge in [-0.05, 0) is 12.1 Å². The van der Waals surface area contributed by atoms with Gasteiger partial charge in [-0.2, -0.15) is 0 Å². The van der Waals surface area contributed by atoms with Crippen molar-refractivity contribution in [1.29, 1.82) is 0 Å². The third-order valence-corrected chi connectivity index (χ3v) is 5.02. The lowest BCUT2D eigenvalue weighted by molar-refractivity contribution is 0.111. The first-order chi connectivity index (χ1) is 9.38. The number of benzene rings is 1. The summed E-state index contributed by atoms with van der Waals surface area (Å²) in [5.74, 6) is 0. The van der Waals surface area contributed by atoms with Crippen molar-refractivity contribution in [2.45, 2.75) is 0 Å². The summed E-state index contributed by atoms with van der Waals surface area (Å²) in [5, 5.41) is 0.467. The minimum atomic E-state index is 0.0344. The molecule has 8 heteroatoms. The molecule has 2 rings (SSSR count). The molecule has 0 saturated carbocycles. The largest absolute Gasteiger partial charge is 0.296 e. The maximum Gasteiger partial charge on any atom is 0.168 e. The molecule has 1 aromatic carbocycles. The number of nitrogens with zero attached hydrogens (tertiary/aromatic N) is 1. The van der Waals surface area contributed by atoms with E-state index in [4.69, 9.17) is 69.6 Å². The summed E-state index contributed by atoms with van der Waals surface area (Å²) in [7, 11) is 0. The maximum atomic E-state index is 10.8. The zero-order chi connectivity index (χ0) is 15.0. The van der Waals surface area contributed by atoms with E-state index in [1.54, 1.807) is 0 Å². The van der Waals surface area contributed by atoms with Crippen molar-refractivity contribution in [3.63, 3.8) is 0 Å². The molecule has 0 amide bonds. The van der Waals surface area contributed by atoms with Gasteiger partial charge in [0.1, 0.15) is 5.69 Å². The highest BCUT2D eigenvalue weighted by Gasteiger charge is 2.23. The second-order valence-corrected chi connectivity index (χ2v) is 5.93. The number of carbonyl (C=O) groups is 1. The van der Waals surface area contributed by atoms with Crippen molar-refractivity contribution in [2.24, 2.45) is 0 Å². The predicted molar refractivity (Wildman–Crippen MR) is 85.1 cm³/mol. The number of aromatic nitrogens is 1. The predicted octanol–water partition coefficient (Wildman–Crippen LogP) is 6.48. The molecule has 0 fully saturated rings. The van der Waals surface area contributed by atoms with Gasteiger partial charge in [0, 0.05) is 5.56 Å². The zero-order valence-electron chi connectivity index (χ0n) is 9.36. The van der Waals surface area contributed by atoms with Crippen LogP contribution in [-0.2, 0) is 0 Å². The molecule has 2 aromatic rings. The van der Waals surface area contributed by atoms with E-state index in [2.05, 4.69) is 4.98 Å². The van der Waals surface area contributed by atoms with E-state index >= 15 is 0 Å². The van der Waals surface area contributed by atoms with Crippen molar-refractivity contribution in [1.82, 2.24) is 4.98 Å². The fourth-order valence-corrected chi connectivity index (χ4v) is 3.03. The number of hydrogen-bond donors (Lipinski definition) is 0. The maximum absolute atomic E-state index is 10.8. The van der Waals surface area contributed by atoms with E-state index < -0.39 is 0 Å². The molecule has 0 aliphatic carbocycles. The lowest BCUT2D eigenvalue weighted by atomic mass is 10.1. The van der Waals surface area contributed by atoms with Crippen molar-refractivity contribution in [2.75, 3.05) is 0 Å². The number of aldehydes is 1. The van der Waals surface area contributed by atoms with E-state index in [0.717, 1.165) is 0 Å². The van der Waals surface area contributed by atoms with Crippen LogP contribution in [0.5, 0.6) is 0 Å². The van der Waals surface area contributed by atoms with Gasteiger partial charge in [0.15, 0.2) is 6.29 Å². The minimum Gasteiger partial charge on any atom is -0.296 e. The average Bonchev–Trinajstić information content (AvgIpc) is 2.45. The van der Waals surface area contributed by atoms with Crippen LogP contribution in [0.15, 0.2) is 12.1 Å². The Morgan fingerprint density at radius 1 is 0.800 bits per heavy atom. The van der Waals surface area contributed by atoms with Crippen LogP contribution < -0.4 is 0 Å². The Morgan fingerprint density at radius 2 is 1.30 bits per heavy atom. The fraction of sp³-hybridized carbons (Fsp3) is 0. The molecule has 0 unspecified atom stereocenters. The number of halogens is 6. The molecule has 0 spiro atoms. The molecule has 2 nitrogen and oxygen atoms in total. The molecular formula is C12H3Cl6NO. The third-order valence-electron chi connectivity index (χ3n) is 2.43. The standard InChI is InChI=1S/C12H3Cl6NO/c13-5-2-1-4(3-20)19-12(5)6-7(14)9(16)11(18)10(17)8(6)15/h1-3H. The van der Waals surface area contributed by atoms with Crippen LogP contribution in [0.4, 0.5) is 0 Å². The topological polar surface area (TPSA) is 30.0 Å². The van der Waals surface area contributed by atoms with Crippen LogP contribution >= 0.6 is 69.6 Å². The van der Waals surface area contributed by atoms with Gasteiger partial charge in [0.05, 0.1) is 35.8 Å². The third kappa shape index (κ3) is 2.74. The van der Waals surface area contributed by atoms with Gasteiger partial charge >= 0.3 is 0 Å². The Labute approximate surface area is 144 Å². The Hall–Kier alpha value is -0.220. The number of carbonyl (C=O) groups excluding carboxylic acids is 1. The van der Waals surface area contributed by atoms with Crippen LogP contribution in [-0.4, -0.2) is 11.3 Å². The van der Waals surface area contributed by atoms with Gasteiger partial charge in [0.25, 0.3) is 0 Å². The van der Waals surface area contributed by atoms with Gasteiger partial charge in [-0.25, -0.2) is 4.98 Å². The molecule has 0 radical (unpaired) electrons. The normalized spacial score (nSPS) is 10.7. The van der Waals surface area contributed by atoms with Crippen molar-refractivity contribution in [3.05, 3.63) is 48.0 Å². The molecule has 20 heavy (non-hydrogen) atoms. The lowest BCUT2D eigenvalue weighted by Gasteiger charge is -2.13. The van der Waals surface area contributed by atoms with Crippen LogP contribution in [0.3, 0.4) is 0 Å². The highest BCUT2D eigenvalue weighted by Crippen LogP contribution is 2.48.